The number of fused-ring (bicyclic) bond motifs is 1. The number of methoxy groups -OCH3 is 1. The van der Waals surface area contributed by atoms with E-state index in [0.29, 0.717) is 11.3 Å². The quantitative estimate of drug-likeness (QED) is 0.871. The van der Waals surface area contributed by atoms with E-state index in [4.69, 9.17) is 4.74 Å². The monoisotopic (exact) mass is 274 g/mol. The molecule has 0 aromatic heterocycles. The van der Waals surface area contributed by atoms with Crippen molar-refractivity contribution < 1.29 is 19.4 Å². The summed E-state index contributed by atoms with van der Waals surface area (Å²) in [5.41, 5.74) is 0.652. The minimum absolute atomic E-state index is 0.450. The number of hydrogen-bond acceptors (Lipinski definition) is 4. The third-order valence-corrected chi connectivity index (χ3v) is 3.19. The van der Waals surface area contributed by atoms with E-state index in [1.807, 2.05) is 36.4 Å². The third kappa shape index (κ3) is 2.75. The summed E-state index contributed by atoms with van der Waals surface area (Å²) in [6.07, 6.45) is -1.41. The van der Waals surface area contributed by atoms with Crippen LogP contribution < -0.4 is 4.74 Å². The van der Waals surface area contributed by atoms with E-state index in [-0.39, 0.29) is 0 Å². The van der Waals surface area contributed by atoms with Gasteiger partial charge in [0.15, 0.2) is 6.10 Å². The second-order valence-electron chi connectivity index (χ2n) is 4.66. The van der Waals surface area contributed by atoms with Crippen molar-refractivity contribution in [3.63, 3.8) is 0 Å². The van der Waals surface area contributed by atoms with Crippen molar-refractivity contribution in [1.29, 1.82) is 0 Å². The fourth-order valence-electron chi connectivity index (χ4n) is 2.11. The molecule has 0 spiro atoms. The van der Waals surface area contributed by atoms with Gasteiger partial charge in [0.05, 0.1) is 13.2 Å². The molecule has 2 rings (SSSR count). The molecule has 0 saturated heterocycles. The normalized spacial score (nSPS) is 13.8. The number of benzene rings is 2. The summed E-state index contributed by atoms with van der Waals surface area (Å²) in [7, 11) is 1.32. The van der Waals surface area contributed by atoms with E-state index in [2.05, 4.69) is 4.74 Å². The van der Waals surface area contributed by atoms with Crippen LogP contribution in [0.4, 0.5) is 0 Å². The van der Waals surface area contributed by atoms with Gasteiger partial charge in [0, 0.05) is 10.9 Å². The standard InChI is InChI=1S/C16H18O4/c1-10(17)13-9-8-12-6-4-5-7-14(12)15(13)20-11(2)16(18)19-3/h4-11,17H,1-3H3/t10-,11?/m0/s1. The number of hydrogen-bond donors (Lipinski definition) is 1. The van der Waals surface area contributed by atoms with Gasteiger partial charge in [-0.25, -0.2) is 4.79 Å². The number of carbonyl (C=O) groups excluding carboxylic acids is 1. The Labute approximate surface area is 117 Å². The number of esters is 1. The van der Waals surface area contributed by atoms with Crippen LogP contribution in [0.3, 0.4) is 0 Å². The van der Waals surface area contributed by atoms with Crippen LogP contribution in [0.5, 0.6) is 5.75 Å². The van der Waals surface area contributed by atoms with E-state index >= 15 is 0 Å². The summed E-state index contributed by atoms with van der Waals surface area (Å²) in [4.78, 5) is 11.5. The molecule has 0 saturated carbocycles. The second kappa shape index (κ2) is 5.92. The van der Waals surface area contributed by atoms with Crippen LogP contribution >= 0.6 is 0 Å². The molecule has 0 fully saturated rings. The third-order valence-electron chi connectivity index (χ3n) is 3.19. The van der Waals surface area contributed by atoms with Crippen molar-refractivity contribution in [3.05, 3.63) is 42.0 Å². The SMILES string of the molecule is COC(=O)C(C)Oc1c([C@H](C)O)ccc2ccccc12. The molecule has 4 heteroatoms. The van der Waals surface area contributed by atoms with Gasteiger partial charge in [-0.15, -0.1) is 0 Å². The molecule has 0 bridgehead atoms. The summed E-state index contributed by atoms with van der Waals surface area (Å²) in [5.74, 6) is 0.0745. The van der Waals surface area contributed by atoms with Crippen molar-refractivity contribution >= 4 is 16.7 Å². The molecule has 2 atom stereocenters. The van der Waals surface area contributed by atoms with Gasteiger partial charge >= 0.3 is 5.97 Å². The van der Waals surface area contributed by atoms with Gasteiger partial charge in [0.2, 0.25) is 0 Å². The van der Waals surface area contributed by atoms with Crippen LogP contribution in [0.25, 0.3) is 10.8 Å². The largest absolute Gasteiger partial charge is 0.478 e. The Hall–Kier alpha value is -2.07. The van der Waals surface area contributed by atoms with Crippen LogP contribution in [0.15, 0.2) is 36.4 Å². The maximum absolute atomic E-state index is 11.5. The molecule has 0 aliphatic heterocycles. The van der Waals surface area contributed by atoms with Crippen molar-refractivity contribution in [2.45, 2.75) is 26.1 Å². The van der Waals surface area contributed by atoms with Crippen LogP contribution in [-0.2, 0) is 9.53 Å². The fourth-order valence-corrected chi connectivity index (χ4v) is 2.11. The van der Waals surface area contributed by atoms with Crippen LogP contribution in [0.2, 0.25) is 0 Å². The average Bonchev–Trinajstić information content (AvgIpc) is 2.46. The average molecular weight is 274 g/mol. The van der Waals surface area contributed by atoms with Crippen molar-refractivity contribution in [2.24, 2.45) is 0 Å². The number of carbonyl (C=O) groups is 1. The lowest BCUT2D eigenvalue weighted by Gasteiger charge is -2.19. The highest BCUT2D eigenvalue weighted by atomic mass is 16.6. The topological polar surface area (TPSA) is 55.8 Å². The first kappa shape index (κ1) is 14.3. The maximum Gasteiger partial charge on any atom is 0.346 e. The van der Waals surface area contributed by atoms with Crippen molar-refractivity contribution in [1.82, 2.24) is 0 Å². The predicted molar refractivity (Wildman–Crippen MR) is 76.7 cm³/mol. The van der Waals surface area contributed by atoms with E-state index in [1.165, 1.54) is 7.11 Å². The van der Waals surface area contributed by atoms with Gasteiger partial charge < -0.3 is 14.6 Å². The van der Waals surface area contributed by atoms with Gasteiger partial charge in [-0.2, -0.15) is 0 Å². The summed E-state index contributed by atoms with van der Waals surface area (Å²) in [5, 5.41) is 11.7. The molecule has 0 amide bonds. The Morgan fingerprint density at radius 3 is 2.50 bits per heavy atom. The first-order valence-corrected chi connectivity index (χ1v) is 6.48. The predicted octanol–water partition coefficient (Wildman–Crippen LogP) is 2.83. The summed E-state index contributed by atoms with van der Waals surface area (Å²) >= 11 is 0. The molecule has 1 N–H and O–H groups in total. The first-order valence-electron chi connectivity index (χ1n) is 6.48. The molecule has 0 aliphatic rings. The Kier molecular flexibility index (Phi) is 4.25. The van der Waals surface area contributed by atoms with Gasteiger partial charge in [-0.05, 0) is 19.2 Å². The molecule has 2 aromatic rings. The molecule has 1 unspecified atom stereocenters. The molecule has 2 aromatic carbocycles. The van der Waals surface area contributed by atoms with Gasteiger partial charge in [-0.1, -0.05) is 36.4 Å². The summed E-state index contributed by atoms with van der Waals surface area (Å²) in [6.45, 7) is 3.29. The van der Waals surface area contributed by atoms with E-state index in [9.17, 15) is 9.90 Å². The molecule has 20 heavy (non-hydrogen) atoms. The number of aliphatic hydroxyl groups is 1. The summed E-state index contributed by atoms with van der Waals surface area (Å²) in [6, 6.07) is 11.4. The van der Waals surface area contributed by atoms with E-state index in [0.717, 1.165) is 10.8 Å². The number of rotatable bonds is 4. The molecule has 0 radical (unpaired) electrons. The highest BCUT2D eigenvalue weighted by Crippen LogP contribution is 2.34. The molecule has 0 aliphatic carbocycles. The van der Waals surface area contributed by atoms with Gasteiger partial charge in [0.1, 0.15) is 5.75 Å². The van der Waals surface area contributed by atoms with Crippen LogP contribution in [-0.4, -0.2) is 24.3 Å². The highest BCUT2D eigenvalue weighted by molar-refractivity contribution is 5.90. The minimum Gasteiger partial charge on any atom is -0.478 e. The first-order chi connectivity index (χ1) is 9.54. The van der Waals surface area contributed by atoms with Gasteiger partial charge in [0.25, 0.3) is 0 Å². The zero-order chi connectivity index (χ0) is 14.7. The number of aliphatic hydroxyl groups excluding tert-OH is 1. The Balaban J connectivity index is 2.52. The highest BCUT2D eigenvalue weighted by Gasteiger charge is 2.20. The Morgan fingerprint density at radius 2 is 1.85 bits per heavy atom. The van der Waals surface area contributed by atoms with Crippen molar-refractivity contribution in [3.8, 4) is 5.75 Å². The summed E-state index contributed by atoms with van der Waals surface area (Å²) < 4.78 is 10.4. The molecule has 0 heterocycles. The van der Waals surface area contributed by atoms with Gasteiger partial charge in [-0.3, -0.25) is 0 Å². The Morgan fingerprint density at radius 1 is 1.15 bits per heavy atom. The molecular weight excluding hydrogens is 256 g/mol. The van der Waals surface area contributed by atoms with Crippen LogP contribution in [0, 0.1) is 0 Å². The lowest BCUT2D eigenvalue weighted by molar-refractivity contribution is -0.147. The lowest BCUT2D eigenvalue weighted by Crippen LogP contribution is -2.25. The lowest BCUT2D eigenvalue weighted by atomic mass is 10.0. The molecule has 4 nitrogen and oxygen atoms in total. The zero-order valence-electron chi connectivity index (χ0n) is 11.8. The van der Waals surface area contributed by atoms with E-state index in [1.54, 1.807) is 13.8 Å². The smallest absolute Gasteiger partial charge is 0.346 e. The van der Waals surface area contributed by atoms with Crippen LogP contribution in [0.1, 0.15) is 25.5 Å². The maximum atomic E-state index is 11.5. The number of ether oxygens (including phenoxy) is 2. The van der Waals surface area contributed by atoms with Crippen molar-refractivity contribution in [2.75, 3.05) is 7.11 Å². The zero-order valence-corrected chi connectivity index (χ0v) is 11.8. The second-order valence-corrected chi connectivity index (χ2v) is 4.66. The molecular formula is C16H18O4. The van der Waals surface area contributed by atoms with E-state index < -0.39 is 18.2 Å². The minimum atomic E-state index is -0.733. The fraction of sp³-hybridized carbons (Fsp3) is 0.312. The molecule has 106 valence electrons. The Bertz CT molecular complexity index is 619.